The van der Waals surface area contributed by atoms with Crippen molar-refractivity contribution in [2.75, 3.05) is 6.61 Å². The molecule has 200 valence electrons. The van der Waals surface area contributed by atoms with Crippen molar-refractivity contribution < 1.29 is 37.3 Å². The van der Waals surface area contributed by atoms with Crippen LogP contribution < -0.4 is 10.5 Å². The molecular weight excluding hydrogens is 499 g/mol. The third-order valence-electron chi connectivity index (χ3n) is 6.16. The molecule has 6 nitrogen and oxygen atoms in total. The Morgan fingerprint density at radius 2 is 1.76 bits per heavy atom. The molecule has 1 atom stereocenters. The highest BCUT2D eigenvalue weighted by atomic mass is 19.4. The number of rotatable bonds is 6. The summed E-state index contributed by atoms with van der Waals surface area (Å²) in [6.07, 6.45) is -5.41. The number of carboxylic acid groups (broad SMARTS) is 1. The van der Waals surface area contributed by atoms with Crippen LogP contribution in [0.15, 0.2) is 54.6 Å². The largest absolute Gasteiger partial charge is 0.493 e. The van der Waals surface area contributed by atoms with Crippen LogP contribution in [0.2, 0.25) is 0 Å². The van der Waals surface area contributed by atoms with Gasteiger partial charge in [0, 0.05) is 11.1 Å². The molecule has 3 aromatic rings. The van der Waals surface area contributed by atoms with Crippen molar-refractivity contribution in [1.29, 1.82) is 0 Å². The van der Waals surface area contributed by atoms with Crippen LogP contribution in [0, 0.1) is 0 Å². The number of carbonyl (C=O) groups excluding carboxylic acids is 1. The van der Waals surface area contributed by atoms with Gasteiger partial charge in [-0.15, -0.1) is 0 Å². The van der Waals surface area contributed by atoms with E-state index in [1.807, 2.05) is 0 Å². The highest BCUT2D eigenvalue weighted by Gasteiger charge is 2.41. The van der Waals surface area contributed by atoms with Gasteiger partial charge in [0.15, 0.2) is 6.10 Å². The van der Waals surface area contributed by atoms with E-state index in [1.54, 1.807) is 51.1 Å². The van der Waals surface area contributed by atoms with Crippen molar-refractivity contribution in [3.05, 3.63) is 76.9 Å². The predicted octanol–water partition coefficient (Wildman–Crippen LogP) is 6.40. The Kier molecular flexibility index (Phi) is 7.25. The molecule has 0 radical (unpaired) electrons. The van der Waals surface area contributed by atoms with Crippen LogP contribution in [-0.2, 0) is 22.1 Å². The fourth-order valence-electron chi connectivity index (χ4n) is 4.63. The molecule has 0 saturated carbocycles. The number of halogens is 3. The summed E-state index contributed by atoms with van der Waals surface area (Å²) in [5.41, 5.74) is 4.84. The minimum atomic E-state index is -4.87. The number of benzene rings is 3. The van der Waals surface area contributed by atoms with Gasteiger partial charge in [-0.05, 0) is 91.8 Å². The number of alkyl halides is 3. The van der Waals surface area contributed by atoms with Crippen LogP contribution in [0.5, 0.6) is 5.75 Å². The molecule has 0 spiro atoms. The summed E-state index contributed by atoms with van der Waals surface area (Å²) >= 11 is 0. The first-order valence-corrected chi connectivity index (χ1v) is 12.1. The Balaban J connectivity index is 2.12. The maximum atomic E-state index is 14.4. The average molecular weight is 528 g/mol. The zero-order valence-electron chi connectivity index (χ0n) is 21.2. The van der Waals surface area contributed by atoms with Gasteiger partial charge in [0.2, 0.25) is 5.91 Å². The lowest BCUT2D eigenvalue weighted by molar-refractivity contribution is -0.163. The number of ether oxygens (including phenoxy) is 2. The zero-order chi connectivity index (χ0) is 27.8. The van der Waals surface area contributed by atoms with Crippen LogP contribution in [0.3, 0.4) is 0 Å². The van der Waals surface area contributed by atoms with Crippen molar-refractivity contribution in [3.63, 3.8) is 0 Å². The van der Waals surface area contributed by atoms with Crippen molar-refractivity contribution >= 4 is 11.9 Å². The monoisotopic (exact) mass is 527 g/mol. The number of amides is 1. The first-order chi connectivity index (χ1) is 17.8. The molecule has 0 saturated heterocycles. The van der Waals surface area contributed by atoms with E-state index >= 15 is 0 Å². The van der Waals surface area contributed by atoms with Crippen LogP contribution in [0.4, 0.5) is 13.2 Å². The standard InChI is InChI=1S/C29H28F3NO5/c1-28(2,3)38-25(27(35)36)24-21(29(30,31)32)11-10-20(16-6-4-7-19(14-16)26(33)34)23(24)18-9-12-22-17(15-18)8-5-13-37-22/h4,6-7,9-12,14-15,25H,5,8,13H2,1-3H3,(H2,33,34)(H,35,36). The van der Waals surface area contributed by atoms with E-state index < -0.39 is 40.9 Å². The van der Waals surface area contributed by atoms with Gasteiger partial charge in [0.1, 0.15) is 5.75 Å². The second kappa shape index (κ2) is 10.1. The molecule has 9 heteroatoms. The summed E-state index contributed by atoms with van der Waals surface area (Å²) in [5, 5.41) is 10.1. The number of carboxylic acids is 1. The maximum absolute atomic E-state index is 14.4. The molecule has 1 unspecified atom stereocenters. The molecule has 0 bridgehead atoms. The Labute approximate surface area is 218 Å². The Bertz CT molecular complexity index is 1390. The molecule has 3 N–H and O–H groups in total. The van der Waals surface area contributed by atoms with E-state index in [9.17, 15) is 27.9 Å². The molecule has 0 aliphatic carbocycles. The number of hydrogen-bond acceptors (Lipinski definition) is 4. The third kappa shape index (κ3) is 5.67. The maximum Gasteiger partial charge on any atom is 0.416 e. The number of primary amides is 1. The van der Waals surface area contributed by atoms with Gasteiger partial charge in [-0.1, -0.05) is 24.3 Å². The first-order valence-electron chi connectivity index (χ1n) is 12.1. The van der Waals surface area contributed by atoms with Gasteiger partial charge < -0.3 is 20.3 Å². The highest BCUT2D eigenvalue weighted by molar-refractivity contribution is 5.96. The van der Waals surface area contributed by atoms with Crippen LogP contribution in [0.1, 0.15) is 60.3 Å². The molecule has 1 heterocycles. The van der Waals surface area contributed by atoms with Gasteiger partial charge >= 0.3 is 12.1 Å². The van der Waals surface area contributed by atoms with Gasteiger partial charge in [-0.25, -0.2) is 4.79 Å². The van der Waals surface area contributed by atoms with E-state index in [0.29, 0.717) is 35.5 Å². The van der Waals surface area contributed by atoms with Gasteiger partial charge in [-0.2, -0.15) is 13.2 Å². The molecule has 38 heavy (non-hydrogen) atoms. The van der Waals surface area contributed by atoms with E-state index in [-0.39, 0.29) is 11.1 Å². The van der Waals surface area contributed by atoms with Gasteiger partial charge in [0.05, 0.1) is 17.8 Å². The fourth-order valence-corrected chi connectivity index (χ4v) is 4.63. The molecular formula is C29H28F3NO5. The molecule has 1 aliphatic heterocycles. The molecule has 1 aliphatic rings. The topological polar surface area (TPSA) is 98.9 Å². The number of fused-ring (bicyclic) bond motifs is 1. The molecule has 4 rings (SSSR count). The lowest BCUT2D eigenvalue weighted by Gasteiger charge is -2.30. The average Bonchev–Trinajstić information content (AvgIpc) is 2.85. The Morgan fingerprint density at radius 1 is 1.03 bits per heavy atom. The Hall–Kier alpha value is -3.85. The SMILES string of the molecule is CC(C)(C)OC(C(=O)O)c1c(C(F)(F)F)ccc(-c2cccc(C(N)=O)c2)c1-c1ccc2c(c1)CCCO2. The normalized spacial score (nSPS) is 14.4. The fraction of sp³-hybridized carbons (Fsp3) is 0.310. The highest BCUT2D eigenvalue weighted by Crippen LogP contribution is 2.47. The van der Waals surface area contributed by atoms with E-state index in [4.69, 9.17) is 15.2 Å². The van der Waals surface area contributed by atoms with Crippen LogP contribution in [0.25, 0.3) is 22.3 Å². The van der Waals surface area contributed by atoms with E-state index in [1.165, 1.54) is 18.2 Å². The van der Waals surface area contributed by atoms with Crippen molar-refractivity contribution in [1.82, 2.24) is 0 Å². The van der Waals surface area contributed by atoms with Gasteiger partial charge in [0.25, 0.3) is 0 Å². The summed E-state index contributed by atoms with van der Waals surface area (Å²) in [6, 6.07) is 13.3. The number of aryl methyl sites for hydroxylation is 1. The molecule has 0 fully saturated rings. The van der Waals surface area contributed by atoms with Crippen LogP contribution >= 0.6 is 0 Å². The number of aliphatic carboxylic acids is 1. The number of carbonyl (C=O) groups is 2. The predicted molar refractivity (Wildman–Crippen MR) is 136 cm³/mol. The zero-order valence-corrected chi connectivity index (χ0v) is 21.2. The molecule has 3 aromatic carbocycles. The molecule has 1 amide bonds. The summed E-state index contributed by atoms with van der Waals surface area (Å²) in [7, 11) is 0. The summed E-state index contributed by atoms with van der Waals surface area (Å²) in [5.74, 6) is -1.63. The van der Waals surface area contributed by atoms with Crippen LogP contribution in [-0.4, -0.2) is 29.2 Å². The minimum absolute atomic E-state index is 0.0477. The first kappa shape index (κ1) is 27.2. The summed E-state index contributed by atoms with van der Waals surface area (Å²) in [6.45, 7) is 5.26. The third-order valence-corrected chi connectivity index (χ3v) is 6.16. The second-order valence-corrected chi connectivity index (χ2v) is 10.1. The minimum Gasteiger partial charge on any atom is -0.493 e. The number of hydrogen-bond donors (Lipinski definition) is 2. The quantitative estimate of drug-likeness (QED) is 0.386. The lowest BCUT2D eigenvalue weighted by Crippen LogP contribution is -2.29. The van der Waals surface area contributed by atoms with Gasteiger partial charge in [-0.3, -0.25) is 4.79 Å². The Morgan fingerprint density at radius 3 is 2.39 bits per heavy atom. The lowest BCUT2D eigenvalue weighted by atomic mass is 9.83. The molecule has 0 aromatic heterocycles. The van der Waals surface area contributed by atoms with Crippen molar-refractivity contribution in [2.24, 2.45) is 5.73 Å². The second-order valence-electron chi connectivity index (χ2n) is 10.1. The number of nitrogens with two attached hydrogens (primary N) is 1. The summed E-state index contributed by atoms with van der Waals surface area (Å²) < 4.78 is 54.8. The van der Waals surface area contributed by atoms with E-state index in [0.717, 1.165) is 18.1 Å². The summed E-state index contributed by atoms with van der Waals surface area (Å²) in [4.78, 5) is 24.4. The smallest absolute Gasteiger partial charge is 0.416 e. The van der Waals surface area contributed by atoms with Crippen molar-refractivity contribution in [2.45, 2.75) is 51.5 Å². The van der Waals surface area contributed by atoms with Crippen molar-refractivity contribution in [3.8, 4) is 28.0 Å². The van der Waals surface area contributed by atoms with E-state index in [2.05, 4.69) is 0 Å².